The van der Waals surface area contributed by atoms with Crippen molar-refractivity contribution in [2.24, 2.45) is 7.05 Å². The van der Waals surface area contributed by atoms with E-state index >= 15 is 0 Å². The molecule has 1 aliphatic carbocycles. The summed E-state index contributed by atoms with van der Waals surface area (Å²) in [6.07, 6.45) is 6.96. The van der Waals surface area contributed by atoms with Gasteiger partial charge in [-0.3, -0.25) is 15.0 Å². The smallest absolute Gasteiger partial charge is 0.271 e. The third kappa shape index (κ3) is 2.81. The molecular weight excluding hydrogens is 294 g/mol. The van der Waals surface area contributed by atoms with Gasteiger partial charge in [0.15, 0.2) is 0 Å². The average Bonchev–Trinajstić information content (AvgIpc) is 3.23. The fraction of sp³-hybridized carbons (Fsp3) is 0.375. The number of aromatic amines is 2. The fourth-order valence-corrected chi connectivity index (χ4v) is 3.16. The van der Waals surface area contributed by atoms with E-state index in [1.54, 1.807) is 12.4 Å². The predicted octanol–water partition coefficient (Wildman–Crippen LogP) is 2.00. The van der Waals surface area contributed by atoms with Gasteiger partial charge in [-0.25, -0.2) is 4.98 Å². The van der Waals surface area contributed by atoms with Gasteiger partial charge in [-0.05, 0) is 25.0 Å². The van der Waals surface area contributed by atoms with Crippen molar-refractivity contribution >= 4 is 16.7 Å². The standard InChI is InChI=1S/C16H19N5O2/c1-21-8-15(17-9-21)18-10-2-3-11(6-10)23-12-4-5-13-14(7-12)19-20-16(13)22/h4-5,7-11,18H,2-3,6H2,1H3,(H2,19,20,22). The monoisotopic (exact) mass is 313 g/mol. The predicted molar refractivity (Wildman–Crippen MR) is 87.8 cm³/mol. The molecule has 1 aromatic carbocycles. The molecule has 23 heavy (non-hydrogen) atoms. The Bertz CT molecular complexity index is 878. The molecule has 2 unspecified atom stereocenters. The Hall–Kier alpha value is -2.70. The maximum Gasteiger partial charge on any atom is 0.271 e. The number of H-pyrrole nitrogens is 2. The molecule has 120 valence electrons. The van der Waals surface area contributed by atoms with Gasteiger partial charge in [-0.15, -0.1) is 0 Å². The first kappa shape index (κ1) is 13.9. The number of nitrogens with zero attached hydrogens (tertiary/aromatic N) is 2. The molecular formula is C16H19N5O2. The molecule has 1 fully saturated rings. The second-order valence-corrected chi connectivity index (χ2v) is 6.11. The Balaban J connectivity index is 1.40. The number of aryl methyl sites for hydroxylation is 1. The van der Waals surface area contributed by atoms with E-state index in [1.807, 2.05) is 29.9 Å². The summed E-state index contributed by atoms with van der Waals surface area (Å²) < 4.78 is 7.99. The zero-order valence-corrected chi connectivity index (χ0v) is 12.9. The van der Waals surface area contributed by atoms with Crippen LogP contribution in [-0.2, 0) is 7.05 Å². The summed E-state index contributed by atoms with van der Waals surface area (Å²) in [5, 5.41) is 9.53. The normalized spacial score (nSPS) is 20.9. The topological polar surface area (TPSA) is 87.7 Å². The largest absolute Gasteiger partial charge is 0.490 e. The first-order chi connectivity index (χ1) is 11.2. The summed E-state index contributed by atoms with van der Waals surface area (Å²) in [4.78, 5) is 15.8. The minimum atomic E-state index is -0.105. The zero-order valence-electron chi connectivity index (χ0n) is 12.9. The molecule has 2 heterocycles. The minimum absolute atomic E-state index is 0.105. The lowest BCUT2D eigenvalue weighted by Crippen LogP contribution is -2.19. The second-order valence-electron chi connectivity index (χ2n) is 6.11. The molecule has 3 aromatic rings. The lowest BCUT2D eigenvalue weighted by atomic mass is 10.2. The maximum absolute atomic E-state index is 11.5. The van der Waals surface area contributed by atoms with E-state index < -0.39 is 0 Å². The van der Waals surface area contributed by atoms with Gasteiger partial charge < -0.3 is 14.6 Å². The summed E-state index contributed by atoms with van der Waals surface area (Å²) in [6, 6.07) is 5.89. The van der Waals surface area contributed by atoms with Crippen molar-refractivity contribution in [3.05, 3.63) is 41.1 Å². The van der Waals surface area contributed by atoms with E-state index in [-0.39, 0.29) is 11.7 Å². The van der Waals surface area contributed by atoms with E-state index in [0.29, 0.717) is 11.4 Å². The molecule has 7 nitrogen and oxygen atoms in total. The van der Waals surface area contributed by atoms with E-state index in [1.165, 1.54) is 0 Å². The van der Waals surface area contributed by atoms with Crippen molar-refractivity contribution in [1.82, 2.24) is 19.7 Å². The molecule has 1 aliphatic rings. The number of anilines is 1. The molecule has 4 rings (SSSR count). The minimum Gasteiger partial charge on any atom is -0.490 e. The summed E-state index contributed by atoms with van der Waals surface area (Å²) >= 11 is 0. The Morgan fingerprint density at radius 2 is 2.26 bits per heavy atom. The average molecular weight is 313 g/mol. The summed E-state index contributed by atoms with van der Waals surface area (Å²) in [5.41, 5.74) is 0.667. The van der Waals surface area contributed by atoms with Gasteiger partial charge in [-0.1, -0.05) is 0 Å². The number of nitrogens with one attached hydrogen (secondary N) is 3. The third-order valence-electron chi connectivity index (χ3n) is 4.29. The molecule has 0 spiro atoms. The quantitative estimate of drug-likeness (QED) is 0.687. The Morgan fingerprint density at radius 1 is 1.35 bits per heavy atom. The van der Waals surface area contributed by atoms with Crippen molar-refractivity contribution in [2.45, 2.75) is 31.4 Å². The molecule has 0 amide bonds. The van der Waals surface area contributed by atoms with E-state index in [0.717, 1.165) is 36.3 Å². The number of ether oxygens (including phenoxy) is 1. The number of imidazole rings is 1. The van der Waals surface area contributed by atoms with Crippen molar-refractivity contribution in [1.29, 1.82) is 0 Å². The highest BCUT2D eigenvalue weighted by molar-refractivity contribution is 5.79. The first-order valence-corrected chi connectivity index (χ1v) is 7.79. The van der Waals surface area contributed by atoms with Crippen LogP contribution in [0.25, 0.3) is 10.9 Å². The molecule has 0 bridgehead atoms. The fourth-order valence-electron chi connectivity index (χ4n) is 3.16. The van der Waals surface area contributed by atoms with Crippen LogP contribution in [0.3, 0.4) is 0 Å². The van der Waals surface area contributed by atoms with Crippen molar-refractivity contribution < 1.29 is 4.74 Å². The number of hydrogen-bond acceptors (Lipinski definition) is 4. The molecule has 2 atom stereocenters. The molecule has 7 heteroatoms. The lowest BCUT2D eigenvalue weighted by molar-refractivity contribution is 0.209. The van der Waals surface area contributed by atoms with E-state index in [2.05, 4.69) is 20.5 Å². The highest BCUT2D eigenvalue weighted by Crippen LogP contribution is 2.27. The van der Waals surface area contributed by atoms with Gasteiger partial charge in [0, 0.05) is 31.8 Å². The number of fused-ring (bicyclic) bond motifs is 1. The molecule has 3 N–H and O–H groups in total. The van der Waals surface area contributed by atoms with Crippen LogP contribution in [0.2, 0.25) is 0 Å². The van der Waals surface area contributed by atoms with Crippen LogP contribution >= 0.6 is 0 Å². The Labute approximate surface area is 132 Å². The third-order valence-corrected chi connectivity index (χ3v) is 4.29. The van der Waals surface area contributed by atoms with Crippen molar-refractivity contribution in [2.75, 3.05) is 5.32 Å². The van der Waals surface area contributed by atoms with Crippen molar-refractivity contribution in [3.63, 3.8) is 0 Å². The number of benzene rings is 1. The maximum atomic E-state index is 11.5. The molecule has 2 aromatic heterocycles. The molecule has 0 aliphatic heterocycles. The van der Waals surface area contributed by atoms with E-state index in [4.69, 9.17) is 4.74 Å². The number of aromatic nitrogens is 4. The zero-order chi connectivity index (χ0) is 15.8. The second kappa shape index (κ2) is 5.49. The SMILES string of the molecule is Cn1cnc(NC2CCC(Oc3ccc4c(=O)[nH][nH]c4c3)C2)c1. The van der Waals surface area contributed by atoms with Gasteiger partial charge in [-0.2, -0.15) is 0 Å². The first-order valence-electron chi connectivity index (χ1n) is 7.79. The van der Waals surface area contributed by atoms with Gasteiger partial charge >= 0.3 is 0 Å². The molecule has 0 saturated heterocycles. The van der Waals surface area contributed by atoms with Gasteiger partial charge in [0.05, 0.1) is 17.2 Å². The number of rotatable bonds is 4. The lowest BCUT2D eigenvalue weighted by Gasteiger charge is -2.15. The van der Waals surface area contributed by atoms with Crippen LogP contribution in [0, 0.1) is 0 Å². The van der Waals surface area contributed by atoms with Crippen LogP contribution in [0.1, 0.15) is 19.3 Å². The van der Waals surface area contributed by atoms with Crippen molar-refractivity contribution in [3.8, 4) is 5.75 Å². The summed E-state index contributed by atoms with van der Waals surface area (Å²) in [6.45, 7) is 0. The Morgan fingerprint density at radius 3 is 3.09 bits per heavy atom. The van der Waals surface area contributed by atoms with Crippen LogP contribution in [-0.4, -0.2) is 31.9 Å². The molecule has 1 saturated carbocycles. The van der Waals surface area contributed by atoms with Gasteiger partial charge in [0.1, 0.15) is 17.7 Å². The Kier molecular flexibility index (Phi) is 3.33. The summed E-state index contributed by atoms with van der Waals surface area (Å²) in [7, 11) is 1.96. The van der Waals surface area contributed by atoms with Crippen LogP contribution in [0.4, 0.5) is 5.82 Å². The summed E-state index contributed by atoms with van der Waals surface area (Å²) in [5.74, 6) is 1.70. The molecule has 0 radical (unpaired) electrons. The van der Waals surface area contributed by atoms with Gasteiger partial charge in [0.2, 0.25) is 0 Å². The van der Waals surface area contributed by atoms with Crippen LogP contribution < -0.4 is 15.6 Å². The number of hydrogen-bond donors (Lipinski definition) is 3. The van der Waals surface area contributed by atoms with Gasteiger partial charge in [0.25, 0.3) is 5.56 Å². The van der Waals surface area contributed by atoms with Crippen LogP contribution in [0.15, 0.2) is 35.5 Å². The highest BCUT2D eigenvalue weighted by atomic mass is 16.5. The van der Waals surface area contributed by atoms with E-state index in [9.17, 15) is 4.79 Å². The highest BCUT2D eigenvalue weighted by Gasteiger charge is 2.26. The van der Waals surface area contributed by atoms with Crippen LogP contribution in [0.5, 0.6) is 5.75 Å².